The first-order chi connectivity index (χ1) is 11.3. The summed E-state index contributed by atoms with van der Waals surface area (Å²) in [5.41, 5.74) is -1.32. The molecule has 2 N–H and O–H groups in total. The summed E-state index contributed by atoms with van der Waals surface area (Å²) in [6.45, 7) is 10.6. The number of alkyl carbamates (subject to hydrolysis) is 1. The fraction of sp³-hybridized carbons (Fsp3) is 0.824. The van der Waals surface area contributed by atoms with Gasteiger partial charge >= 0.3 is 12.1 Å². The SMILES string of the molecule is COC(=O)C1C[C@@H](O)CN1C(=O)C(NC(=O)OC(C)(C)C)C(C)(C)C. The van der Waals surface area contributed by atoms with Gasteiger partial charge in [0.2, 0.25) is 5.91 Å². The highest BCUT2D eigenvalue weighted by atomic mass is 16.6. The van der Waals surface area contributed by atoms with Crippen LogP contribution in [0.4, 0.5) is 4.79 Å². The van der Waals surface area contributed by atoms with Gasteiger partial charge in [0.15, 0.2) is 0 Å². The Hall–Kier alpha value is -1.83. The number of rotatable bonds is 3. The standard InChI is InChI=1S/C17H30N2O6/c1-16(2,3)12(18-15(23)25-17(4,5)6)13(21)19-9-10(20)8-11(19)14(22)24-7/h10-12,20H,8-9H2,1-7H3,(H,18,23)/t10-,11?,12?/m1/s1. The van der Waals surface area contributed by atoms with Crippen LogP contribution in [0.5, 0.6) is 0 Å². The number of hydrogen-bond acceptors (Lipinski definition) is 6. The van der Waals surface area contributed by atoms with Crippen LogP contribution in [-0.4, -0.2) is 65.4 Å². The van der Waals surface area contributed by atoms with Gasteiger partial charge in [-0.1, -0.05) is 20.8 Å². The van der Waals surface area contributed by atoms with Gasteiger partial charge in [-0.25, -0.2) is 9.59 Å². The molecule has 3 atom stereocenters. The van der Waals surface area contributed by atoms with Crippen LogP contribution >= 0.6 is 0 Å². The monoisotopic (exact) mass is 358 g/mol. The molecule has 1 rings (SSSR count). The highest BCUT2D eigenvalue weighted by molar-refractivity contribution is 5.91. The van der Waals surface area contributed by atoms with Gasteiger partial charge in [0.1, 0.15) is 17.7 Å². The molecule has 0 aromatic heterocycles. The number of carbonyl (C=O) groups is 3. The Balaban J connectivity index is 3.01. The molecule has 1 fully saturated rings. The zero-order valence-electron chi connectivity index (χ0n) is 16.1. The summed E-state index contributed by atoms with van der Waals surface area (Å²) in [5, 5.41) is 12.5. The summed E-state index contributed by atoms with van der Waals surface area (Å²) in [4.78, 5) is 38.3. The maximum absolute atomic E-state index is 13.0. The molecule has 1 saturated heterocycles. The van der Waals surface area contributed by atoms with E-state index in [2.05, 4.69) is 5.32 Å². The predicted octanol–water partition coefficient (Wildman–Crippen LogP) is 1.06. The Morgan fingerprint density at radius 2 is 1.72 bits per heavy atom. The van der Waals surface area contributed by atoms with E-state index >= 15 is 0 Å². The second-order valence-electron chi connectivity index (χ2n) is 8.36. The number of methoxy groups -OCH3 is 1. The molecule has 2 unspecified atom stereocenters. The lowest BCUT2D eigenvalue weighted by Crippen LogP contribution is -2.57. The zero-order valence-corrected chi connectivity index (χ0v) is 16.1. The van der Waals surface area contributed by atoms with Crippen molar-refractivity contribution < 1.29 is 29.0 Å². The number of amides is 2. The minimum absolute atomic E-state index is 0.0151. The number of esters is 1. The van der Waals surface area contributed by atoms with E-state index in [0.29, 0.717) is 0 Å². The average molecular weight is 358 g/mol. The number of β-amino-alcohol motifs (C(OH)–C–C–N with tert-alkyl or cyclic N) is 1. The summed E-state index contributed by atoms with van der Waals surface area (Å²) in [6.07, 6.45) is -1.41. The Morgan fingerprint density at radius 3 is 2.16 bits per heavy atom. The van der Waals surface area contributed by atoms with Crippen molar-refractivity contribution in [3.05, 3.63) is 0 Å². The molecule has 2 amide bonds. The summed E-state index contributed by atoms with van der Waals surface area (Å²) in [5.74, 6) is -1.04. The second kappa shape index (κ2) is 7.59. The molecule has 144 valence electrons. The maximum atomic E-state index is 13.0. The molecule has 0 aromatic rings. The van der Waals surface area contributed by atoms with Crippen molar-refractivity contribution in [2.75, 3.05) is 13.7 Å². The molecule has 1 heterocycles. The van der Waals surface area contributed by atoms with E-state index in [-0.39, 0.29) is 13.0 Å². The van der Waals surface area contributed by atoms with Gasteiger partial charge in [-0.05, 0) is 26.2 Å². The lowest BCUT2D eigenvalue weighted by atomic mass is 9.85. The predicted molar refractivity (Wildman–Crippen MR) is 90.8 cm³/mol. The van der Waals surface area contributed by atoms with Crippen LogP contribution < -0.4 is 5.32 Å². The molecular weight excluding hydrogens is 328 g/mol. The minimum atomic E-state index is -0.917. The summed E-state index contributed by atoms with van der Waals surface area (Å²) in [6, 6.07) is -1.78. The molecule has 25 heavy (non-hydrogen) atoms. The summed E-state index contributed by atoms with van der Waals surface area (Å²) in [7, 11) is 1.23. The van der Waals surface area contributed by atoms with Crippen molar-refractivity contribution in [2.45, 2.75) is 71.8 Å². The number of nitrogens with one attached hydrogen (secondary N) is 1. The Morgan fingerprint density at radius 1 is 1.16 bits per heavy atom. The van der Waals surface area contributed by atoms with Crippen molar-refractivity contribution >= 4 is 18.0 Å². The van der Waals surface area contributed by atoms with E-state index in [0.717, 1.165) is 0 Å². The van der Waals surface area contributed by atoms with Gasteiger partial charge in [-0.2, -0.15) is 0 Å². The lowest BCUT2D eigenvalue weighted by Gasteiger charge is -2.35. The Bertz CT molecular complexity index is 520. The third-order valence-corrected chi connectivity index (χ3v) is 3.81. The van der Waals surface area contributed by atoms with Gasteiger partial charge in [0, 0.05) is 13.0 Å². The molecule has 1 aliphatic rings. The molecular formula is C17H30N2O6. The lowest BCUT2D eigenvalue weighted by molar-refractivity contribution is -0.152. The van der Waals surface area contributed by atoms with Gasteiger partial charge in [-0.15, -0.1) is 0 Å². The molecule has 0 saturated carbocycles. The van der Waals surface area contributed by atoms with Gasteiger partial charge in [0.05, 0.1) is 13.2 Å². The molecule has 1 aliphatic heterocycles. The van der Waals surface area contributed by atoms with Crippen molar-refractivity contribution in [3.63, 3.8) is 0 Å². The number of aliphatic hydroxyl groups excluding tert-OH is 1. The largest absolute Gasteiger partial charge is 0.467 e. The number of likely N-dealkylation sites (tertiary alicyclic amines) is 1. The quantitative estimate of drug-likeness (QED) is 0.731. The number of aliphatic hydroxyl groups is 1. The molecule has 0 bridgehead atoms. The number of nitrogens with zero attached hydrogens (tertiary/aromatic N) is 1. The smallest absolute Gasteiger partial charge is 0.408 e. The van der Waals surface area contributed by atoms with Crippen LogP contribution in [0.1, 0.15) is 48.0 Å². The van der Waals surface area contributed by atoms with E-state index in [1.807, 2.05) is 0 Å². The molecule has 0 radical (unpaired) electrons. The van der Waals surface area contributed by atoms with Crippen LogP contribution in [0, 0.1) is 5.41 Å². The summed E-state index contributed by atoms with van der Waals surface area (Å²) < 4.78 is 9.95. The first kappa shape index (κ1) is 21.2. The average Bonchev–Trinajstić information content (AvgIpc) is 2.82. The van der Waals surface area contributed by atoms with Crippen LogP contribution in [-0.2, 0) is 19.1 Å². The van der Waals surface area contributed by atoms with E-state index in [4.69, 9.17) is 9.47 Å². The molecule has 0 aromatic carbocycles. The van der Waals surface area contributed by atoms with Crippen LogP contribution in [0.2, 0.25) is 0 Å². The van der Waals surface area contributed by atoms with Crippen molar-refractivity contribution in [1.29, 1.82) is 0 Å². The summed E-state index contributed by atoms with van der Waals surface area (Å²) >= 11 is 0. The number of hydrogen-bond donors (Lipinski definition) is 2. The highest BCUT2D eigenvalue weighted by Gasteiger charge is 2.45. The third-order valence-electron chi connectivity index (χ3n) is 3.81. The van der Waals surface area contributed by atoms with Gasteiger partial charge < -0.3 is 24.8 Å². The highest BCUT2D eigenvalue weighted by Crippen LogP contribution is 2.26. The van der Waals surface area contributed by atoms with Crippen LogP contribution in [0.15, 0.2) is 0 Å². The van der Waals surface area contributed by atoms with E-state index in [1.165, 1.54) is 12.0 Å². The van der Waals surface area contributed by atoms with Gasteiger partial charge in [-0.3, -0.25) is 4.79 Å². The first-order valence-corrected chi connectivity index (χ1v) is 8.32. The van der Waals surface area contributed by atoms with E-state index < -0.39 is 47.2 Å². The van der Waals surface area contributed by atoms with Crippen molar-refractivity contribution in [3.8, 4) is 0 Å². The van der Waals surface area contributed by atoms with Crippen molar-refractivity contribution in [2.24, 2.45) is 5.41 Å². The topological polar surface area (TPSA) is 105 Å². The molecule has 8 heteroatoms. The molecule has 0 spiro atoms. The van der Waals surface area contributed by atoms with E-state index in [1.54, 1.807) is 41.5 Å². The Labute approximate surface area is 148 Å². The molecule has 8 nitrogen and oxygen atoms in total. The first-order valence-electron chi connectivity index (χ1n) is 8.32. The van der Waals surface area contributed by atoms with Crippen LogP contribution in [0.3, 0.4) is 0 Å². The molecule has 0 aliphatic carbocycles. The fourth-order valence-corrected chi connectivity index (χ4v) is 2.66. The van der Waals surface area contributed by atoms with Crippen molar-refractivity contribution in [1.82, 2.24) is 10.2 Å². The Kier molecular flexibility index (Phi) is 6.44. The normalized spacial score (nSPS) is 22.3. The number of carbonyl (C=O) groups excluding carboxylic acids is 3. The maximum Gasteiger partial charge on any atom is 0.408 e. The third kappa shape index (κ3) is 5.88. The van der Waals surface area contributed by atoms with E-state index in [9.17, 15) is 19.5 Å². The second-order valence-corrected chi connectivity index (χ2v) is 8.36. The van der Waals surface area contributed by atoms with Gasteiger partial charge in [0.25, 0.3) is 0 Å². The van der Waals surface area contributed by atoms with Crippen LogP contribution in [0.25, 0.3) is 0 Å². The fourth-order valence-electron chi connectivity index (χ4n) is 2.66. The zero-order chi connectivity index (χ0) is 19.6. The minimum Gasteiger partial charge on any atom is -0.467 e. The number of ether oxygens (including phenoxy) is 2.